The topological polar surface area (TPSA) is 33.1 Å². The van der Waals surface area contributed by atoms with E-state index in [0.29, 0.717) is 6.04 Å². The van der Waals surface area contributed by atoms with Gasteiger partial charge in [-0.1, -0.05) is 22.0 Å². The first-order valence-electron chi connectivity index (χ1n) is 10.4. The van der Waals surface area contributed by atoms with Crippen molar-refractivity contribution < 1.29 is 0 Å². The first-order valence-corrected chi connectivity index (χ1v) is 11.6. The molecule has 1 saturated heterocycles. The maximum Gasteiger partial charge on any atom is 0.174 e. The van der Waals surface area contributed by atoms with Crippen LogP contribution >= 0.6 is 28.1 Å². The lowest BCUT2D eigenvalue weighted by molar-refractivity contribution is 0.562. The summed E-state index contributed by atoms with van der Waals surface area (Å²) >= 11 is 9.50. The van der Waals surface area contributed by atoms with Crippen molar-refractivity contribution in [2.45, 2.75) is 51.7 Å². The average Bonchev–Trinajstić information content (AvgIpc) is 3.44. The van der Waals surface area contributed by atoms with Crippen LogP contribution in [0, 0.1) is 20.8 Å². The highest BCUT2D eigenvalue weighted by atomic mass is 79.9. The number of nitrogens with one attached hydrogen (secondary N) is 1. The van der Waals surface area contributed by atoms with Gasteiger partial charge in [0.1, 0.15) is 0 Å². The van der Waals surface area contributed by atoms with E-state index in [2.05, 4.69) is 86.8 Å². The number of thiocarbonyl (C=S) groups is 1. The Morgan fingerprint density at radius 1 is 1.10 bits per heavy atom. The summed E-state index contributed by atoms with van der Waals surface area (Å²) in [7, 11) is 0. The third-order valence-electron chi connectivity index (χ3n) is 6.27. The quantitative estimate of drug-likeness (QED) is 0.458. The Labute approximate surface area is 191 Å². The maximum absolute atomic E-state index is 5.87. The molecule has 1 aliphatic heterocycles. The third kappa shape index (κ3) is 3.26. The number of rotatable bonds is 4. The SMILES string of the molecule is Cc1cc(N2C(=S)NC(c3ccccn3)C2c2cc(C)n(C3CC3)c2C)ccc1Br. The number of aryl methyl sites for hydroxylation is 2. The Morgan fingerprint density at radius 2 is 1.90 bits per heavy atom. The monoisotopic (exact) mass is 480 g/mol. The van der Waals surface area contributed by atoms with Crippen LogP contribution in [-0.2, 0) is 0 Å². The maximum atomic E-state index is 5.87. The van der Waals surface area contributed by atoms with E-state index in [1.807, 2.05) is 18.3 Å². The van der Waals surface area contributed by atoms with Crippen LogP contribution < -0.4 is 10.2 Å². The summed E-state index contributed by atoms with van der Waals surface area (Å²) in [6.07, 6.45) is 4.41. The highest BCUT2D eigenvalue weighted by molar-refractivity contribution is 9.10. The van der Waals surface area contributed by atoms with Crippen molar-refractivity contribution in [1.29, 1.82) is 0 Å². The van der Waals surface area contributed by atoms with Crippen LogP contribution in [0.3, 0.4) is 0 Å². The van der Waals surface area contributed by atoms with Crippen molar-refractivity contribution in [2.24, 2.45) is 0 Å². The molecule has 154 valence electrons. The molecule has 2 aliphatic rings. The first-order chi connectivity index (χ1) is 14.5. The van der Waals surface area contributed by atoms with Gasteiger partial charge in [-0.2, -0.15) is 0 Å². The number of benzene rings is 1. The molecule has 1 N–H and O–H groups in total. The van der Waals surface area contributed by atoms with Crippen LogP contribution in [0.5, 0.6) is 0 Å². The van der Waals surface area contributed by atoms with Crippen LogP contribution in [0.4, 0.5) is 5.69 Å². The number of aromatic nitrogens is 2. The molecule has 3 aromatic rings. The standard InChI is InChI=1S/C24H25BrN4S/c1-14-12-18(9-10-20(14)25)29-23(19-13-15(2)28(16(19)3)17-7-8-17)22(27-24(29)30)21-6-4-5-11-26-21/h4-6,9-13,17,22-23H,7-8H2,1-3H3,(H,27,30). The Kier molecular flexibility index (Phi) is 4.94. The molecule has 1 saturated carbocycles. The largest absolute Gasteiger partial charge is 0.351 e. The fourth-order valence-corrected chi connectivity index (χ4v) is 5.32. The predicted molar refractivity (Wildman–Crippen MR) is 129 cm³/mol. The minimum Gasteiger partial charge on any atom is -0.351 e. The molecule has 30 heavy (non-hydrogen) atoms. The Balaban J connectivity index is 1.67. The van der Waals surface area contributed by atoms with Crippen LogP contribution in [0.1, 0.15) is 59.2 Å². The summed E-state index contributed by atoms with van der Waals surface area (Å²) in [6, 6.07) is 15.6. The molecular formula is C24H25BrN4S. The smallest absolute Gasteiger partial charge is 0.174 e. The number of hydrogen-bond donors (Lipinski definition) is 1. The lowest BCUT2D eigenvalue weighted by atomic mass is 9.96. The fourth-order valence-electron chi connectivity index (χ4n) is 4.72. The van der Waals surface area contributed by atoms with Gasteiger partial charge in [-0.3, -0.25) is 4.98 Å². The summed E-state index contributed by atoms with van der Waals surface area (Å²) in [5, 5.41) is 4.32. The van der Waals surface area contributed by atoms with E-state index in [-0.39, 0.29) is 12.1 Å². The molecule has 0 spiro atoms. The molecule has 3 heterocycles. The van der Waals surface area contributed by atoms with E-state index < -0.39 is 0 Å². The second-order valence-electron chi connectivity index (χ2n) is 8.36. The molecule has 0 radical (unpaired) electrons. The van der Waals surface area contributed by atoms with Gasteiger partial charge < -0.3 is 14.8 Å². The Morgan fingerprint density at radius 3 is 2.57 bits per heavy atom. The molecule has 4 nitrogen and oxygen atoms in total. The zero-order valence-corrected chi connectivity index (χ0v) is 19.8. The summed E-state index contributed by atoms with van der Waals surface area (Å²) < 4.78 is 3.62. The molecule has 2 atom stereocenters. The van der Waals surface area contributed by atoms with Crippen LogP contribution in [0.2, 0.25) is 0 Å². The second-order valence-corrected chi connectivity index (χ2v) is 9.60. The summed E-state index contributed by atoms with van der Waals surface area (Å²) in [4.78, 5) is 6.94. The Hall–Kier alpha value is -2.18. The van der Waals surface area contributed by atoms with Gasteiger partial charge in [-0.05, 0) is 93.4 Å². The number of hydrogen-bond acceptors (Lipinski definition) is 2. The molecule has 1 aromatic carbocycles. The average molecular weight is 481 g/mol. The Bertz CT molecular complexity index is 1120. The fraction of sp³-hybridized carbons (Fsp3) is 0.333. The molecular weight excluding hydrogens is 456 g/mol. The molecule has 2 fully saturated rings. The number of nitrogens with zero attached hydrogens (tertiary/aromatic N) is 3. The molecule has 2 unspecified atom stereocenters. The zero-order chi connectivity index (χ0) is 21.0. The lowest BCUT2D eigenvalue weighted by Gasteiger charge is -2.28. The van der Waals surface area contributed by atoms with Gasteiger partial charge in [0.15, 0.2) is 5.11 Å². The zero-order valence-electron chi connectivity index (χ0n) is 17.4. The van der Waals surface area contributed by atoms with Crippen molar-refractivity contribution in [3.05, 3.63) is 81.3 Å². The molecule has 0 amide bonds. The highest BCUT2D eigenvalue weighted by Crippen LogP contribution is 2.46. The molecule has 6 heteroatoms. The van der Waals surface area contributed by atoms with Gasteiger partial charge in [-0.25, -0.2) is 0 Å². The van der Waals surface area contributed by atoms with E-state index in [0.717, 1.165) is 21.0 Å². The van der Waals surface area contributed by atoms with Crippen molar-refractivity contribution in [3.8, 4) is 0 Å². The van der Waals surface area contributed by atoms with Crippen LogP contribution in [-0.4, -0.2) is 14.7 Å². The van der Waals surface area contributed by atoms with E-state index in [4.69, 9.17) is 12.2 Å². The first kappa shape index (κ1) is 19.8. The van der Waals surface area contributed by atoms with Crippen LogP contribution in [0.15, 0.2) is 53.1 Å². The summed E-state index contributed by atoms with van der Waals surface area (Å²) in [5.41, 5.74) is 7.30. The van der Waals surface area contributed by atoms with Gasteiger partial charge in [0.05, 0.1) is 17.8 Å². The predicted octanol–water partition coefficient (Wildman–Crippen LogP) is 6.08. The van der Waals surface area contributed by atoms with Gasteiger partial charge in [0, 0.05) is 33.8 Å². The molecule has 2 aromatic heterocycles. The van der Waals surface area contributed by atoms with E-state index in [9.17, 15) is 0 Å². The number of pyridine rings is 1. The number of anilines is 1. The minimum absolute atomic E-state index is 0.00388. The van der Waals surface area contributed by atoms with Crippen molar-refractivity contribution >= 4 is 38.9 Å². The van der Waals surface area contributed by atoms with E-state index in [1.54, 1.807) is 0 Å². The minimum atomic E-state index is -0.00388. The van der Waals surface area contributed by atoms with Gasteiger partial charge >= 0.3 is 0 Å². The van der Waals surface area contributed by atoms with E-state index in [1.165, 1.54) is 35.4 Å². The second kappa shape index (κ2) is 7.50. The molecule has 0 bridgehead atoms. The van der Waals surface area contributed by atoms with Gasteiger partial charge in [0.25, 0.3) is 0 Å². The summed E-state index contributed by atoms with van der Waals surface area (Å²) in [5.74, 6) is 0. The van der Waals surface area contributed by atoms with Crippen molar-refractivity contribution in [3.63, 3.8) is 0 Å². The van der Waals surface area contributed by atoms with E-state index >= 15 is 0 Å². The highest BCUT2D eigenvalue weighted by Gasteiger charge is 2.43. The summed E-state index contributed by atoms with van der Waals surface area (Å²) in [6.45, 7) is 6.59. The third-order valence-corrected chi connectivity index (χ3v) is 7.48. The normalized spacial score (nSPS) is 21.2. The molecule has 5 rings (SSSR count). The van der Waals surface area contributed by atoms with Crippen LogP contribution in [0.25, 0.3) is 0 Å². The molecule has 1 aliphatic carbocycles. The van der Waals surface area contributed by atoms with Crippen molar-refractivity contribution in [2.75, 3.05) is 4.90 Å². The van der Waals surface area contributed by atoms with Gasteiger partial charge in [-0.15, -0.1) is 0 Å². The van der Waals surface area contributed by atoms with Crippen molar-refractivity contribution in [1.82, 2.24) is 14.9 Å². The van der Waals surface area contributed by atoms with Gasteiger partial charge in [0.2, 0.25) is 0 Å². The lowest BCUT2D eigenvalue weighted by Crippen LogP contribution is -2.29. The number of halogens is 1.